The maximum atomic E-state index is 5.35. The second-order valence-corrected chi connectivity index (χ2v) is 3.36. The molecule has 0 spiro atoms. The van der Waals surface area contributed by atoms with Crippen LogP contribution in [0.25, 0.3) is 0 Å². The molecule has 0 unspecified atom stereocenters. The summed E-state index contributed by atoms with van der Waals surface area (Å²) in [5.41, 5.74) is 1.17. The first kappa shape index (κ1) is 11.9. The van der Waals surface area contributed by atoms with Crippen LogP contribution in [0.3, 0.4) is 0 Å². The molecule has 3 nitrogen and oxygen atoms in total. The third-order valence-corrected chi connectivity index (χ3v) is 2.57. The van der Waals surface area contributed by atoms with Crippen LogP contribution in [0.2, 0.25) is 0 Å². The van der Waals surface area contributed by atoms with Gasteiger partial charge in [0.15, 0.2) is 0 Å². The van der Waals surface area contributed by atoms with E-state index in [0.29, 0.717) is 6.04 Å². The van der Waals surface area contributed by atoms with Crippen LogP contribution in [-0.2, 0) is 0 Å². The van der Waals surface area contributed by atoms with Gasteiger partial charge in [-0.15, -0.1) is 0 Å². The van der Waals surface area contributed by atoms with E-state index in [2.05, 4.69) is 12.2 Å². The molecule has 0 fully saturated rings. The largest absolute Gasteiger partial charge is 0.497 e. The first-order chi connectivity index (χ1) is 7.26. The van der Waals surface area contributed by atoms with Crippen molar-refractivity contribution in [3.63, 3.8) is 0 Å². The maximum absolute atomic E-state index is 5.35. The van der Waals surface area contributed by atoms with Crippen molar-refractivity contribution in [3.8, 4) is 11.5 Å². The third kappa shape index (κ3) is 2.63. The van der Waals surface area contributed by atoms with Crippen LogP contribution in [0.4, 0.5) is 0 Å². The average molecular weight is 209 g/mol. The van der Waals surface area contributed by atoms with Crippen molar-refractivity contribution in [2.75, 3.05) is 21.3 Å². The Hall–Kier alpha value is -1.22. The van der Waals surface area contributed by atoms with Crippen molar-refractivity contribution in [1.29, 1.82) is 0 Å². The van der Waals surface area contributed by atoms with Gasteiger partial charge in [-0.2, -0.15) is 0 Å². The molecule has 0 saturated heterocycles. The SMILES string of the molecule is CC[C@@H](NC)c1ccc(OC)cc1OC. The molecule has 15 heavy (non-hydrogen) atoms. The quantitative estimate of drug-likeness (QED) is 0.807. The molecule has 1 rings (SSSR count). The highest BCUT2D eigenvalue weighted by Gasteiger charge is 2.12. The fraction of sp³-hybridized carbons (Fsp3) is 0.500. The van der Waals surface area contributed by atoms with E-state index in [-0.39, 0.29) is 0 Å². The van der Waals surface area contributed by atoms with Gasteiger partial charge in [-0.25, -0.2) is 0 Å². The van der Waals surface area contributed by atoms with E-state index in [4.69, 9.17) is 9.47 Å². The molecule has 0 saturated carbocycles. The number of ether oxygens (including phenoxy) is 2. The topological polar surface area (TPSA) is 30.5 Å². The zero-order valence-electron chi connectivity index (χ0n) is 9.83. The highest BCUT2D eigenvalue weighted by atomic mass is 16.5. The summed E-state index contributed by atoms with van der Waals surface area (Å²) in [7, 11) is 5.29. The highest BCUT2D eigenvalue weighted by molar-refractivity contribution is 5.42. The Kier molecular flexibility index (Phi) is 4.43. The van der Waals surface area contributed by atoms with Crippen LogP contribution in [0.15, 0.2) is 18.2 Å². The van der Waals surface area contributed by atoms with Gasteiger partial charge in [0.2, 0.25) is 0 Å². The summed E-state index contributed by atoms with van der Waals surface area (Å²) < 4.78 is 10.5. The van der Waals surface area contributed by atoms with Crippen molar-refractivity contribution in [2.24, 2.45) is 0 Å². The van der Waals surface area contributed by atoms with Gasteiger partial charge in [0.05, 0.1) is 14.2 Å². The molecule has 1 aromatic rings. The summed E-state index contributed by atoms with van der Waals surface area (Å²) in [6.45, 7) is 2.14. The molecule has 1 N–H and O–H groups in total. The van der Waals surface area contributed by atoms with Gasteiger partial charge >= 0.3 is 0 Å². The second-order valence-electron chi connectivity index (χ2n) is 3.36. The Morgan fingerprint density at radius 2 is 2.00 bits per heavy atom. The predicted molar refractivity (Wildman–Crippen MR) is 61.6 cm³/mol. The van der Waals surface area contributed by atoms with E-state index in [1.807, 2.05) is 25.2 Å². The highest BCUT2D eigenvalue weighted by Crippen LogP contribution is 2.30. The Balaban J connectivity index is 3.06. The summed E-state index contributed by atoms with van der Waals surface area (Å²) >= 11 is 0. The molecular formula is C12H19NO2. The smallest absolute Gasteiger partial charge is 0.127 e. The van der Waals surface area contributed by atoms with Gasteiger partial charge in [0.1, 0.15) is 11.5 Å². The fourth-order valence-corrected chi connectivity index (χ4v) is 1.69. The average Bonchev–Trinajstić information content (AvgIpc) is 2.31. The molecule has 0 amide bonds. The minimum atomic E-state index is 0.325. The lowest BCUT2D eigenvalue weighted by molar-refractivity contribution is 0.385. The molecule has 0 bridgehead atoms. The molecule has 0 aliphatic heterocycles. The molecule has 0 aliphatic carbocycles. The molecule has 1 atom stereocenters. The Labute approximate surface area is 91.4 Å². The van der Waals surface area contributed by atoms with Crippen LogP contribution in [0, 0.1) is 0 Å². The van der Waals surface area contributed by atoms with Crippen molar-refractivity contribution < 1.29 is 9.47 Å². The minimum absolute atomic E-state index is 0.325. The zero-order valence-corrected chi connectivity index (χ0v) is 9.83. The van der Waals surface area contributed by atoms with E-state index in [1.54, 1.807) is 14.2 Å². The molecular weight excluding hydrogens is 190 g/mol. The summed E-state index contributed by atoms with van der Waals surface area (Å²) in [6.07, 6.45) is 1.03. The number of hydrogen-bond acceptors (Lipinski definition) is 3. The van der Waals surface area contributed by atoms with Crippen LogP contribution < -0.4 is 14.8 Å². The first-order valence-electron chi connectivity index (χ1n) is 5.16. The normalized spacial score (nSPS) is 12.3. The van der Waals surface area contributed by atoms with E-state index in [0.717, 1.165) is 17.9 Å². The fourth-order valence-electron chi connectivity index (χ4n) is 1.69. The van der Waals surface area contributed by atoms with E-state index in [9.17, 15) is 0 Å². The Bertz CT molecular complexity index is 308. The Morgan fingerprint density at radius 1 is 1.27 bits per heavy atom. The molecule has 3 heteroatoms. The van der Waals surface area contributed by atoms with Gasteiger partial charge < -0.3 is 14.8 Å². The van der Waals surface area contributed by atoms with Gasteiger partial charge in [0, 0.05) is 17.7 Å². The lowest BCUT2D eigenvalue weighted by atomic mass is 10.0. The van der Waals surface area contributed by atoms with Crippen molar-refractivity contribution in [3.05, 3.63) is 23.8 Å². The maximum Gasteiger partial charge on any atom is 0.127 e. The summed E-state index contributed by atoms with van der Waals surface area (Å²) in [6, 6.07) is 6.24. The van der Waals surface area contributed by atoms with Crippen molar-refractivity contribution in [2.45, 2.75) is 19.4 Å². The minimum Gasteiger partial charge on any atom is -0.497 e. The van der Waals surface area contributed by atoms with Gasteiger partial charge in [-0.1, -0.05) is 13.0 Å². The molecule has 0 radical (unpaired) electrons. The van der Waals surface area contributed by atoms with Gasteiger partial charge in [-0.05, 0) is 19.5 Å². The number of rotatable bonds is 5. The number of methoxy groups -OCH3 is 2. The van der Waals surface area contributed by atoms with E-state index >= 15 is 0 Å². The van der Waals surface area contributed by atoms with Crippen LogP contribution in [-0.4, -0.2) is 21.3 Å². The molecule has 1 aromatic carbocycles. The molecule has 0 aromatic heterocycles. The lowest BCUT2D eigenvalue weighted by Gasteiger charge is -2.18. The molecule has 0 aliphatic rings. The number of nitrogens with one attached hydrogen (secondary N) is 1. The van der Waals surface area contributed by atoms with Crippen LogP contribution >= 0.6 is 0 Å². The zero-order chi connectivity index (χ0) is 11.3. The summed E-state index contributed by atoms with van der Waals surface area (Å²) in [5.74, 6) is 1.69. The van der Waals surface area contributed by atoms with E-state index < -0.39 is 0 Å². The van der Waals surface area contributed by atoms with Gasteiger partial charge in [0.25, 0.3) is 0 Å². The number of hydrogen-bond donors (Lipinski definition) is 1. The predicted octanol–water partition coefficient (Wildman–Crippen LogP) is 2.37. The van der Waals surface area contributed by atoms with Crippen molar-refractivity contribution >= 4 is 0 Å². The Morgan fingerprint density at radius 3 is 2.47 bits per heavy atom. The molecule has 0 heterocycles. The first-order valence-corrected chi connectivity index (χ1v) is 5.16. The third-order valence-electron chi connectivity index (χ3n) is 2.57. The summed E-state index contributed by atoms with van der Waals surface area (Å²) in [4.78, 5) is 0. The lowest BCUT2D eigenvalue weighted by Crippen LogP contribution is -2.16. The summed E-state index contributed by atoms with van der Waals surface area (Å²) in [5, 5.41) is 3.26. The van der Waals surface area contributed by atoms with Gasteiger partial charge in [-0.3, -0.25) is 0 Å². The van der Waals surface area contributed by atoms with Crippen LogP contribution in [0.1, 0.15) is 24.9 Å². The van der Waals surface area contributed by atoms with E-state index in [1.165, 1.54) is 5.56 Å². The second kappa shape index (κ2) is 5.61. The van der Waals surface area contributed by atoms with Crippen molar-refractivity contribution in [1.82, 2.24) is 5.32 Å². The monoisotopic (exact) mass is 209 g/mol. The van der Waals surface area contributed by atoms with Crippen LogP contribution in [0.5, 0.6) is 11.5 Å². The number of benzene rings is 1. The molecule has 84 valence electrons. The standard InChI is InChI=1S/C12H19NO2/c1-5-11(13-2)10-7-6-9(14-3)8-12(10)15-4/h6-8,11,13H,5H2,1-4H3/t11-/m1/s1.